The summed E-state index contributed by atoms with van der Waals surface area (Å²) in [5, 5.41) is 4.18. The summed E-state index contributed by atoms with van der Waals surface area (Å²) >= 11 is 6.19. The summed E-state index contributed by atoms with van der Waals surface area (Å²) in [7, 11) is 0. The Bertz CT molecular complexity index is 441. The van der Waals surface area contributed by atoms with Crippen LogP contribution in [0.5, 0.6) is 0 Å². The summed E-state index contributed by atoms with van der Waals surface area (Å²) in [5.41, 5.74) is 1.37. The number of likely N-dealkylation sites (N-methyl/N-ethyl adjacent to an activating group) is 1. The summed E-state index contributed by atoms with van der Waals surface area (Å²) in [6.45, 7) is 5.49. The standard InChI is InChI=1S/C17H25ClFN/c1-3-20-16(17(2)9-5-4-6-10-17)11-13-7-8-14(19)12-15(13)18/h7-8,12,16,20H,3-6,9-11H2,1-2H3. The lowest BCUT2D eigenvalue weighted by atomic mass is 9.69. The van der Waals surface area contributed by atoms with Gasteiger partial charge in [0, 0.05) is 11.1 Å². The molecule has 112 valence electrons. The van der Waals surface area contributed by atoms with E-state index in [-0.39, 0.29) is 5.82 Å². The second-order valence-corrected chi connectivity index (χ2v) is 6.67. The average molecular weight is 298 g/mol. The minimum atomic E-state index is -0.261. The monoisotopic (exact) mass is 297 g/mol. The minimum absolute atomic E-state index is 0.261. The Morgan fingerprint density at radius 2 is 2.00 bits per heavy atom. The zero-order chi connectivity index (χ0) is 14.6. The molecule has 0 bridgehead atoms. The van der Waals surface area contributed by atoms with Crippen molar-refractivity contribution in [3.63, 3.8) is 0 Å². The second-order valence-electron chi connectivity index (χ2n) is 6.26. The van der Waals surface area contributed by atoms with Crippen LogP contribution in [0.4, 0.5) is 4.39 Å². The molecule has 0 amide bonds. The van der Waals surface area contributed by atoms with E-state index in [0.29, 0.717) is 16.5 Å². The number of rotatable bonds is 5. The number of benzene rings is 1. The SMILES string of the molecule is CCNC(Cc1ccc(F)cc1Cl)C1(C)CCCCC1. The maximum Gasteiger partial charge on any atom is 0.124 e. The third-order valence-corrected chi connectivity index (χ3v) is 5.08. The molecule has 1 N–H and O–H groups in total. The summed E-state index contributed by atoms with van der Waals surface area (Å²) in [5.74, 6) is -0.261. The molecule has 1 unspecified atom stereocenters. The molecule has 1 aromatic carbocycles. The van der Waals surface area contributed by atoms with E-state index in [2.05, 4.69) is 19.2 Å². The summed E-state index contributed by atoms with van der Waals surface area (Å²) in [6.07, 6.45) is 7.40. The first-order chi connectivity index (χ1) is 9.55. The molecule has 3 heteroatoms. The third-order valence-electron chi connectivity index (χ3n) is 4.73. The Hall–Kier alpha value is -0.600. The predicted octanol–water partition coefficient (Wildman–Crippen LogP) is 4.97. The molecule has 1 nitrogen and oxygen atoms in total. The van der Waals surface area contributed by atoms with Gasteiger partial charge in [-0.1, -0.05) is 50.8 Å². The summed E-state index contributed by atoms with van der Waals surface area (Å²) in [6, 6.07) is 5.17. The van der Waals surface area contributed by atoms with Crippen LogP contribution < -0.4 is 5.32 Å². The third kappa shape index (κ3) is 3.73. The predicted molar refractivity (Wildman–Crippen MR) is 83.8 cm³/mol. The van der Waals surface area contributed by atoms with Gasteiger partial charge in [0.2, 0.25) is 0 Å². The molecule has 1 atom stereocenters. The van der Waals surface area contributed by atoms with Crippen LogP contribution in [-0.4, -0.2) is 12.6 Å². The first kappa shape index (κ1) is 15.8. The van der Waals surface area contributed by atoms with Crippen molar-refractivity contribution < 1.29 is 4.39 Å². The van der Waals surface area contributed by atoms with Gasteiger partial charge in [-0.15, -0.1) is 0 Å². The van der Waals surface area contributed by atoms with E-state index in [0.717, 1.165) is 18.5 Å². The molecule has 0 saturated heterocycles. The molecule has 1 saturated carbocycles. The molecule has 0 aromatic heterocycles. The van der Waals surface area contributed by atoms with Crippen molar-refractivity contribution in [2.45, 2.75) is 58.4 Å². The quantitative estimate of drug-likeness (QED) is 0.809. The van der Waals surface area contributed by atoms with Crippen LogP contribution in [0.2, 0.25) is 5.02 Å². The van der Waals surface area contributed by atoms with Crippen molar-refractivity contribution in [1.29, 1.82) is 0 Å². The van der Waals surface area contributed by atoms with Crippen LogP contribution in [0.25, 0.3) is 0 Å². The van der Waals surface area contributed by atoms with Crippen LogP contribution in [0, 0.1) is 11.2 Å². The first-order valence-corrected chi connectivity index (χ1v) is 8.10. The van der Waals surface area contributed by atoms with Crippen LogP contribution in [0.1, 0.15) is 51.5 Å². The lowest BCUT2D eigenvalue weighted by Crippen LogP contribution is -2.46. The van der Waals surface area contributed by atoms with Crippen LogP contribution in [0.15, 0.2) is 18.2 Å². The van der Waals surface area contributed by atoms with Gasteiger partial charge in [-0.2, -0.15) is 0 Å². The van der Waals surface area contributed by atoms with Crippen molar-refractivity contribution in [2.24, 2.45) is 5.41 Å². The second kappa shape index (κ2) is 6.91. The highest BCUT2D eigenvalue weighted by molar-refractivity contribution is 6.31. The van der Waals surface area contributed by atoms with Crippen molar-refractivity contribution >= 4 is 11.6 Å². The number of hydrogen-bond acceptors (Lipinski definition) is 1. The maximum absolute atomic E-state index is 13.2. The average Bonchev–Trinajstić information content (AvgIpc) is 2.42. The maximum atomic E-state index is 13.2. The molecule has 0 aliphatic heterocycles. The van der Waals surface area contributed by atoms with Gasteiger partial charge >= 0.3 is 0 Å². The highest BCUT2D eigenvalue weighted by Crippen LogP contribution is 2.40. The Morgan fingerprint density at radius 3 is 2.60 bits per heavy atom. The van der Waals surface area contributed by atoms with Gasteiger partial charge in [-0.25, -0.2) is 4.39 Å². The Morgan fingerprint density at radius 1 is 1.30 bits per heavy atom. The zero-order valence-corrected chi connectivity index (χ0v) is 13.3. The van der Waals surface area contributed by atoms with E-state index in [9.17, 15) is 4.39 Å². The van der Waals surface area contributed by atoms with Gasteiger partial charge in [-0.05, 0) is 48.9 Å². The van der Waals surface area contributed by atoms with Gasteiger partial charge in [0.05, 0.1) is 0 Å². The molecule has 2 rings (SSSR count). The van der Waals surface area contributed by atoms with E-state index < -0.39 is 0 Å². The first-order valence-electron chi connectivity index (χ1n) is 7.72. The topological polar surface area (TPSA) is 12.0 Å². The highest BCUT2D eigenvalue weighted by Gasteiger charge is 2.35. The molecule has 1 aromatic rings. The van der Waals surface area contributed by atoms with Gasteiger partial charge in [0.15, 0.2) is 0 Å². The molecule has 20 heavy (non-hydrogen) atoms. The van der Waals surface area contributed by atoms with Gasteiger partial charge in [-0.3, -0.25) is 0 Å². The van der Waals surface area contributed by atoms with Gasteiger partial charge in [0.25, 0.3) is 0 Å². The number of hydrogen-bond donors (Lipinski definition) is 1. The van der Waals surface area contributed by atoms with Gasteiger partial charge < -0.3 is 5.32 Å². The fraction of sp³-hybridized carbons (Fsp3) is 0.647. The smallest absolute Gasteiger partial charge is 0.124 e. The van der Waals surface area contributed by atoms with E-state index in [1.54, 1.807) is 0 Å². The van der Waals surface area contributed by atoms with Crippen molar-refractivity contribution in [3.8, 4) is 0 Å². The number of halogens is 2. The van der Waals surface area contributed by atoms with Crippen molar-refractivity contribution in [1.82, 2.24) is 5.32 Å². The van der Waals surface area contributed by atoms with Crippen molar-refractivity contribution in [2.75, 3.05) is 6.54 Å². The van der Waals surface area contributed by atoms with E-state index in [4.69, 9.17) is 11.6 Å². The summed E-state index contributed by atoms with van der Waals surface area (Å²) in [4.78, 5) is 0. The molecule has 1 aliphatic rings. The molecule has 0 spiro atoms. The van der Waals surface area contributed by atoms with Crippen LogP contribution in [0.3, 0.4) is 0 Å². The van der Waals surface area contributed by atoms with E-state index in [1.165, 1.54) is 44.2 Å². The fourth-order valence-corrected chi connectivity index (χ4v) is 3.67. The fourth-order valence-electron chi connectivity index (χ4n) is 3.43. The molecule has 1 aliphatic carbocycles. The summed E-state index contributed by atoms with van der Waals surface area (Å²) < 4.78 is 13.2. The normalized spacial score (nSPS) is 19.8. The van der Waals surface area contributed by atoms with Crippen molar-refractivity contribution in [3.05, 3.63) is 34.6 Å². The molecular formula is C17H25ClFN. The Balaban J connectivity index is 2.16. The Kier molecular flexibility index (Phi) is 5.45. The molecule has 1 fully saturated rings. The molecule has 0 radical (unpaired) electrons. The van der Waals surface area contributed by atoms with Gasteiger partial charge in [0.1, 0.15) is 5.82 Å². The van der Waals surface area contributed by atoms with E-state index in [1.807, 2.05) is 6.07 Å². The highest BCUT2D eigenvalue weighted by atomic mass is 35.5. The van der Waals surface area contributed by atoms with E-state index >= 15 is 0 Å². The number of nitrogens with one attached hydrogen (secondary N) is 1. The molecular weight excluding hydrogens is 273 g/mol. The Labute approximate surface area is 126 Å². The lowest BCUT2D eigenvalue weighted by Gasteiger charge is -2.41. The largest absolute Gasteiger partial charge is 0.313 e. The lowest BCUT2D eigenvalue weighted by molar-refractivity contribution is 0.145. The van der Waals surface area contributed by atoms with Crippen LogP contribution >= 0.6 is 11.6 Å². The zero-order valence-electron chi connectivity index (χ0n) is 12.5. The minimum Gasteiger partial charge on any atom is -0.313 e. The molecule has 0 heterocycles. The van der Waals surface area contributed by atoms with Crippen LogP contribution in [-0.2, 0) is 6.42 Å².